The van der Waals surface area contributed by atoms with Crippen LogP contribution in [0, 0.1) is 0 Å². The van der Waals surface area contributed by atoms with E-state index in [2.05, 4.69) is 9.72 Å². The summed E-state index contributed by atoms with van der Waals surface area (Å²) in [5, 5.41) is 0. The van der Waals surface area contributed by atoms with Gasteiger partial charge in [-0.15, -0.1) is 13.2 Å². The third-order valence-corrected chi connectivity index (χ3v) is 2.69. The molecule has 2 aromatic rings. The van der Waals surface area contributed by atoms with E-state index >= 15 is 0 Å². The zero-order valence-electron chi connectivity index (χ0n) is 12.0. The summed E-state index contributed by atoms with van der Waals surface area (Å²) in [6.07, 6.45) is -2.56. The van der Waals surface area contributed by atoms with Gasteiger partial charge in [0, 0.05) is 13.6 Å². The molecule has 0 aliphatic carbocycles. The highest BCUT2D eigenvalue weighted by molar-refractivity contribution is 5.67. The minimum atomic E-state index is -4.73. The van der Waals surface area contributed by atoms with Crippen LogP contribution in [0.2, 0.25) is 0 Å². The minimum absolute atomic E-state index is 0.103. The Morgan fingerprint density at radius 3 is 2.57 bits per heavy atom. The van der Waals surface area contributed by atoms with Crippen molar-refractivity contribution in [1.82, 2.24) is 9.88 Å². The van der Waals surface area contributed by atoms with Gasteiger partial charge in [0.2, 0.25) is 5.89 Å². The first kappa shape index (κ1) is 16.7. The van der Waals surface area contributed by atoms with E-state index in [0.717, 1.165) is 0 Å². The van der Waals surface area contributed by atoms with Crippen molar-refractivity contribution in [3.63, 3.8) is 0 Å². The minimum Gasteiger partial charge on any atom is -0.446 e. The average Bonchev–Trinajstić information content (AvgIpc) is 2.98. The van der Waals surface area contributed by atoms with Gasteiger partial charge in [0.15, 0.2) is 6.61 Å². The first-order valence-corrected chi connectivity index (χ1v) is 6.44. The second kappa shape index (κ2) is 7.03. The van der Waals surface area contributed by atoms with Gasteiger partial charge in [0.1, 0.15) is 12.0 Å². The Morgan fingerprint density at radius 2 is 2.00 bits per heavy atom. The first-order valence-electron chi connectivity index (χ1n) is 6.44. The van der Waals surface area contributed by atoms with Crippen LogP contribution in [0.15, 0.2) is 41.1 Å². The van der Waals surface area contributed by atoms with Gasteiger partial charge in [0.05, 0.1) is 6.20 Å². The van der Waals surface area contributed by atoms with Crippen molar-refractivity contribution in [2.75, 3.05) is 7.05 Å². The van der Waals surface area contributed by atoms with Gasteiger partial charge < -0.3 is 18.8 Å². The monoisotopic (exact) mass is 330 g/mol. The number of alkyl halides is 3. The van der Waals surface area contributed by atoms with E-state index in [9.17, 15) is 18.0 Å². The number of carbonyl (C=O) groups is 1. The Balaban J connectivity index is 1.84. The van der Waals surface area contributed by atoms with Gasteiger partial charge in [-0.2, -0.15) is 0 Å². The highest BCUT2D eigenvalue weighted by Crippen LogP contribution is 2.23. The normalized spacial score (nSPS) is 11.1. The number of nitrogens with zero attached hydrogens (tertiary/aromatic N) is 2. The number of halogens is 3. The fourth-order valence-electron chi connectivity index (χ4n) is 1.69. The first-order chi connectivity index (χ1) is 10.8. The molecule has 0 N–H and O–H groups in total. The molecule has 1 aromatic heterocycles. The number of hydrogen-bond acceptors (Lipinski definition) is 5. The molecule has 0 aliphatic rings. The lowest BCUT2D eigenvalue weighted by molar-refractivity contribution is -0.274. The predicted molar refractivity (Wildman–Crippen MR) is 71.3 cm³/mol. The highest BCUT2D eigenvalue weighted by Gasteiger charge is 2.30. The molecule has 0 atom stereocenters. The maximum absolute atomic E-state index is 12.1. The fraction of sp³-hybridized carbons (Fsp3) is 0.286. The summed E-state index contributed by atoms with van der Waals surface area (Å²) in [4.78, 5) is 16.8. The number of carbonyl (C=O) groups excluding carboxylic acids is 1. The number of benzene rings is 1. The summed E-state index contributed by atoms with van der Waals surface area (Å²) < 4.78 is 49.8. The van der Waals surface area contributed by atoms with Crippen molar-refractivity contribution in [2.45, 2.75) is 19.5 Å². The molecular formula is C14H13F3N2O4. The summed E-state index contributed by atoms with van der Waals surface area (Å²) in [7, 11) is 1.50. The molecule has 0 spiro atoms. The van der Waals surface area contributed by atoms with Crippen molar-refractivity contribution >= 4 is 6.09 Å². The van der Waals surface area contributed by atoms with E-state index in [1.54, 1.807) is 0 Å². The van der Waals surface area contributed by atoms with E-state index in [4.69, 9.17) is 9.15 Å². The van der Waals surface area contributed by atoms with Crippen LogP contribution < -0.4 is 4.74 Å². The molecule has 0 fully saturated rings. The van der Waals surface area contributed by atoms with Crippen LogP contribution in [0.5, 0.6) is 5.75 Å². The van der Waals surface area contributed by atoms with Gasteiger partial charge in [-0.1, -0.05) is 12.1 Å². The van der Waals surface area contributed by atoms with E-state index < -0.39 is 12.5 Å². The molecule has 0 saturated carbocycles. The molecule has 1 aromatic carbocycles. The number of hydrogen-bond donors (Lipinski definition) is 0. The Kier molecular flexibility index (Phi) is 5.09. The second-order valence-electron chi connectivity index (χ2n) is 4.53. The van der Waals surface area contributed by atoms with Gasteiger partial charge in [-0.25, -0.2) is 9.78 Å². The molecule has 0 aliphatic heterocycles. The van der Waals surface area contributed by atoms with Gasteiger partial charge in [-0.05, 0) is 17.7 Å². The molecule has 124 valence electrons. The largest absolute Gasteiger partial charge is 0.573 e. The molecule has 1 heterocycles. The zero-order valence-corrected chi connectivity index (χ0v) is 12.0. The molecular weight excluding hydrogens is 317 g/mol. The summed E-state index contributed by atoms with van der Waals surface area (Å²) in [6.45, 7) is 0.0608. The quantitative estimate of drug-likeness (QED) is 0.841. The maximum Gasteiger partial charge on any atom is 0.573 e. The summed E-state index contributed by atoms with van der Waals surface area (Å²) in [6, 6.07) is 5.21. The van der Waals surface area contributed by atoms with Gasteiger partial charge in [0.25, 0.3) is 0 Å². The van der Waals surface area contributed by atoms with Gasteiger partial charge >= 0.3 is 12.5 Å². The van der Waals surface area contributed by atoms with Crippen LogP contribution >= 0.6 is 0 Å². The number of amides is 1. The van der Waals surface area contributed by atoms with Crippen LogP contribution in [0.25, 0.3) is 0 Å². The van der Waals surface area contributed by atoms with Crippen LogP contribution in [-0.4, -0.2) is 29.4 Å². The molecule has 6 nitrogen and oxygen atoms in total. The number of aromatic nitrogens is 1. The molecule has 1 amide bonds. The van der Waals surface area contributed by atoms with Crippen LogP contribution in [0.3, 0.4) is 0 Å². The van der Waals surface area contributed by atoms with Crippen molar-refractivity contribution in [1.29, 1.82) is 0 Å². The van der Waals surface area contributed by atoms with Crippen molar-refractivity contribution in [2.24, 2.45) is 0 Å². The summed E-state index contributed by atoms with van der Waals surface area (Å²) in [5.74, 6) is -0.0595. The fourth-order valence-corrected chi connectivity index (χ4v) is 1.69. The average molecular weight is 330 g/mol. The van der Waals surface area contributed by atoms with E-state index in [1.807, 2.05) is 0 Å². The Labute approximate surface area is 129 Å². The predicted octanol–water partition coefficient (Wildman–Crippen LogP) is 3.34. The Morgan fingerprint density at radius 1 is 1.30 bits per heavy atom. The van der Waals surface area contributed by atoms with Crippen LogP contribution in [0.1, 0.15) is 11.5 Å². The Bertz CT molecular complexity index is 626. The topological polar surface area (TPSA) is 64.8 Å². The lowest BCUT2D eigenvalue weighted by Gasteiger charge is -2.17. The lowest BCUT2D eigenvalue weighted by atomic mass is 10.2. The highest BCUT2D eigenvalue weighted by atomic mass is 19.4. The van der Waals surface area contributed by atoms with Crippen molar-refractivity contribution < 1.29 is 31.9 Å². The molecule has 9 heteroatoms. The van der Waals surface area contributed by atoms with Crippen LogP contribution in [-0.2, 0) is 17.9 Å². The molecule has 0 bridgehead atoms. The SMILES string of the molecule is CN(Cc1ccc(OC(F)(F)F)cc1)C(=O)OCc1ncco1. The number of rotatable bonds is 5. The zero-order chi connectivity index (χ0) is 16.9. The molecule has 0 radical (unpaired) electrons. The maximum atomic E-state index is 12.1. The molecule has 0 saturated heterocycles. The summed E-state index contributed by atoms with van der Waals surface area (Å²) >= 11 is 0. The second-order valence-corrected chi connectivity index (χ2v) is 4.53. The molecule has 0 unspecified atom stereocenters. The van der Waals surface area contributed by atoms with E-state index in [1.165, 1.54) is 48.7 Å². The molecule has 2 rings (SSSR count). The van der Waals surface area contributed by atoms with Crippen molar-refractivity contribution in [3.8, 4) is 5.75 Å². The lowest BCUT2D eigenvalue weighted by Crippen LogP contribution is -2.26. The van der Waals surface area contributed by atoms with Gasteiger partial charge in [-0.3, -0.25) is 0 Å². The Hall–Kier alpha value is -2.71. The number of oxazole rings is 1. The third kappa shape index (κ3) is 5.53. The van der Waals surface area contributed by atoms with Crippen molar-refractivity contribution in [3.05, 3.63) is 48.2 Å². The standard InChI is InChI=1S/C14H13F3N2O4/c1-19(13(20)22-9-12-18-6-7-21-12)8-10-2-4-11(5-3-10)23-14(15,16)17/h2-7H,8-9H2,1H3. The third-order valence-electron chi connectivity index (χ3n) is 2.69. The number of ether oxygens (including phenoxy) is 2. The van der Waals surface area contributed by atoms with Crippen LogP contribution in [0.4, 0.5) is 18.0 Å². The van der Waals surface area contributed by atoms with E-state index in [-0.39, 0.29) is 24.8 Å². The molecule has 23 heavy (non-hydrogen) atoms. The van der Waals surface area contributed by atoms with E-state index in [0.29, 0.717) is 5.56 Å². The smallest absolute Gasteiger partial charge is 0.446 e. The summed E-state index contributed by atoms with van der Waals surface area (Å²) in [5.41, 5.74) is 0.620.